The third kappa shape index (κ3) is 4.25. The lowest BCUT2D eigenvalue weighted by molar-refractivity contribution is 0.474. The van der Waals surface area contributed by atoms with Gasteiger partial charge in [0, 0.05) is 21.8 Å². The van der Waals surface area contributed by atoms with Gasteiger partial charge in [-0.15, -0.1) is 0 Å². The number of aromatic hydroxyl groups is 1. The fourth-order valence-corrected chi connectivity index (χ4v) is 3.38. The van der Waals surface area contributed by atoms with Crippen molar-refractivity contribution in [1.82, 2.24) is 4.98 Å². The number of hydrogen-bond donors (Lipinski definition) is 1. The molecule has 5 heteroatoms. The van der Waals surface area contributed by atoms with E-state index < -0.39 is 0 Å². The molecule has 1 N–H and O–H groups in total. The molecule has 0 saturated carbocycles. The lowest BCUT2D eigenvalue weighted by atomic mass is 9.87. The van der Waals surface area contributed by atoms with Crippen LogP contribution in [-0.2, 0) is 5.41 Å². The molecule has 4 aromatic rings. The van der Waals surface area contributed by atoms with Crippen LogP contribution in [0.5, 0.6) is 5.75 Å². The highest BCUT2D eigenvalue weighted by Crippen LogP contribution is 2.30. The van der Waals surface area contributed by atoms with Crippen molar-refractivity contribution in [3.8, 4) is 17.2 Å². The lowest BCUT2D eigenvalue weighted by Gasteiger charge is -2.18. The number of rotatable bonds is 3. The molecule has 1 aromatic heterocycles. The normalized spacial score (nSPS) is 12.1. The van der Waals surface area contributed by atoms with E-state index in [1.165, 1.54) is 5.56 Å². The molecule has 4 nitrogen and oxygen atoms in total. The van der Waals surface area contributed by atoms with E-state index in [-0.39, 0.29) is 11.2 Å². The molecule has 0 radical (unpaired) electrons. The number of nitrogens with zero attached hydrogens (tertiary/aromatic N) is 2. The average molecular weight is 449 g/mol. The molecule has 0 bridgehead atoms. The molecule has 0 aliphatic carbocycles. The summed E-state index contributed by atoms with van der Waals surface area (Å²) in [6.45, 7) is 6.58. The largest absolute Gasteiger partial charge is 0.507 e. The number of fused-ring (bicyclic) bond motifs is 1. The zero-order chi connectivity index (χ0) is 20.6. The van der Waals surface area contributed by atoms with Crippen molar-refractivity contribution in [2.45, 2.75) is 26.2 Å². The quantitative estimate of drug-likeness (QED) is 0.342. The van der Waals surface area contributed by atoms with Crippen molar-refractivity contribution >= 4 is 38.9 Å². The number of aliphatic imine (C=N–C) groups is 1. The number of oxazole rings is 1. The van der Waals surface area contributed by atoms with Gasteiger partial charge in [-0.05, 0) is 59.5 Å². The maximum atomic E-state index is 9.94. The Morgan fingerprint density at radius 2 is 1.76 bits per heavy atom. The Bertz CT molecular complexity index is 1200. The first-order chi connectivity index (χ1) is 13.8. The number of phenolic OH excluding ortho intramolecular Hbond substituents is 1. The minimum Gasteiger partial charge on any atom is -0.507 e. The Morgan fingerprint density at radius 1 is 1.00 bits per heavy atom. The Hall–Kier alpha value is -2.92. The summed E-state index contributed by atoms with van der Waals surface area (Å²) < 4.78 is 6.80. The molecule has 0 aliphatic rings. The van der Waals surface area contributed by atoms with Gasteiger partial charge in [-0.25, -0.2) is 4.98 Å². The van der Waals surface area contributed by atoms with Gasteiger partial charge in [0.25, 0.3) is 0 Å². The zero-order valence-electron chi connectivity index (χ0n) is 16.5. The number of halogens is 1. The first-order valence-electron chi connectivity index (χ1n) is 9.34. The van der Waals surface area contributed by atoms with Crippen LogP contribution in [0.1, 0.15) is 31.9 Å². The van der Waals surface area contributed by atoms with E-state index in [2.05, 4.69) is 58.8 Å². The van der Waals surface area contributed by atoms with Gasteiger partial charge in [-0.1, -0.05) is 48.8 Å². The monoisotopic (exact) mass is 448 g/mol. The summed E-state index contributed by atoms with van der Waals surface area (Å²) in [6.07, 6.45) is 1.63. The van der Waals surface area contributed by atoms with Gasteiger partial charge in [0.05, 0.1) is 5.69 Å². The van der Waals surface area contributed by atoms with Crippen molar-refractivity contribution in [1.29, 1.82) is 0 Å². The van der Waals surface area contributed by atoms with Gasteiger partial charge in [-0.2, -0.15) is 0 Å². The summed E-state index contributed by atoms with van der Waals surface area (Å²) in [5.41, 5.74) is 5.15. The molecular weight excluding hydrogens is 428 g/mol. The predicted molar refractivity (Wildman–Crippen MR) is 121 cm³/mol. The summed E-state index contributed by atoms with van der Waals surface area (Å²) in [4.78, 5) is 9.09. The molecule has 0 spiro atoms. The average Bonchev–Trinajstić information content (AvgIpc) is 3.11. The van der Waals surface area contributed by atoms with E-state index in [0.717, 1.165) is 21.2 Å². The highest BCUT2D eigenvalue weighted by atomic mass is 79.9. The van der Waals surface area contributed by atoms with Crippen LogP contribution in [0.4, 0.5) is 5.69 Å². The summed E-state index contributed by atoms with van der Waals surface area (Å²) in [5.74, 6) is 0.770. The second-order valence-corrected chi connectivity index (χ2v) is 8.88. The molecular formula is C24H21BrN2O2. The zero-order valence-corrected chi connectivity index (χ0v) is 18.1. The summed E-state index contributed by atoms with van der Waals surface area (Å²) >= 11 is 3.40. The van der Waals surface area contributed by atoms with Crippen LogP contribution in [0.25, 0.3) is 22.6 Å². The molecule has 0 atom stereocenters. The molecule has 0 saturated heterocycles. The Labute approximate surface area is 178 Å². The lowest BCUT2D eigenvalue weighted by Crippen LogP contribution is -2.10. The van der Waals surface area contributed by atoms with Gasteiger partial charge in [0.1, 0.15) is 11.3 Å². The minimum absolute atomic E-state index is 0.107. The first-order valence-corrected chi connectivity index (χ1v) is 10.1. The van der Waals surface area contributed by atoms with Gasteiger partial charge in [0.15, 0.2) is 5.58 Å². The van der Waals surface area contributed by atoms with Crippen molar-refractivity contribution in [3.63, 3.8) is 0 Å². The third-order valence-corrected chi connectivity index (χ3v) is 5.20. The SMILES string of the molecule is CC(C)(C)c1ccc(-c2nc3cc(N=Cc4cc(Br)ccc4O)ccc3o2)cc1. The van der Waals surface area contributed by atoms with Crippen LogP contribution < -0.4 is 0 Å². The van der Waals surface area contributed by atoms with Gasteiger partial charge >= 0.3 is 0 Å². The molecule has 0 aliphatic heterocycles. The summed E-state index contributed by atoms with van der Waals surface area (Å²) in [5, 5.41) is 9.94. The predicted octanol–water partition coefficient (Wildman–Crippen LogP) is 7.01. The standard InChI is InChI=1S/C24H21BrN2O2/c1-24(2,3)17-6-4-15(5-7-17)23-27-20-13-19(9-11-22(20)29-23)26-14-16-12-18(25)8-10-21(16)28/h4-14,28H,1-3H3. The van der Waals surface area contributed by atoms with E-state index in [9.17, 15) is 5.11 Å². The molecule has 4 rings (SSSR count). The maximum absolute atomic E-state index is 9.94. The number of benzene rings is 3. The van der Waals surface area contributed by atoms with Crippen molar-refractivity contribution in [2.75, 3.05) is 0 Å². The Morgan fingerprint density at radius 3 is 2.48 bits per heavy atom. The smallest absolute Gasteiger partial charge is 0.227 e. The van der Waals surface area contributed by atoms with Crippen LogP contribution in [0.15, 0.2) is 74.5 Å². The molecule has 0 unspecified atom stereocenters. The minimum atomic E-state index is 0.107. The van der Waals surface area contributed by atoms with E-state index in [0.29, 0.717) is 17.0 Å². The Kier molecular flexibility index (Phi) is 5.01. The molecule has 146 valence electrons. The fraction of sp³-hybridized carbons (Fsp3) is 0.167. The molecule has 1 heterocycles. The molecule has 3 aromatic carbocycles. The topological polar surface area (TPSA) is 58.6 Å². The molecule has 29 heavy (non-hydrogen) atoms. The second-order valence-electron chi connectivity index (χ2n) is 7.96. The summed E-state index contributed by atoms with van der Waals surface area (Å²) in [6, 6.07) is 19.1. The molecule has 0 amide bonds. The highest BCUT2D eigenvalue weighted by molar-refractivity contribution is 9.10. The van der Waals surface area contributed by atoms with Crippen molar-refractivity contribution < 1.29 is 9.52 Å². The first kappa shape index (κ1) is 19.4. The van der Waals surface area contributed by atoms with E-state index in [1.54, 1.807) is 18.3 Å². The van der Waals surface area contributed by atoms with Crippen LogP contribution in [0, 0.1) is 0 Å². The number of hydrogen-bond acceptors (Lipinski definition) is 4. The van der Waals surface area contributed by atoms with Gasteiger partial charge in [0.2, 0.25) is 5.89 Å². The maximum Gasteiger partial charge on any atom is 0.227 e. The van der Waals surface area contributed by atoms with Gasteiger partial charge in [-0.3, -0.25) is 4.99 Å². The van der Waals surface area contributed by atoms with Crippen LogP contribution >= 0.6 is 15.9 Å². The van der Waals surface area contributed by atoms with E-state index in [4.69, 9.17) is 4.42 Å². The Balaban J connectivity index is 1.62. The number of aromatic nitrogens is 1. The van der Waals surface area contributed by atoms with Crippen LogP contribution in [0.2, 0.25) is 0 Å². The second kappa shape index (κ2) is 7.48. The number of phenols is 1. The van der Waals surface area contributed by atoms with E-state index in [1.807, 2.05) is 36.4 Å². The summed E-state index contributed by atoms with van der Waals surface area (Å²) in [7, 11) is 0. The van der Waals surface area contributed by atoms with Crippen molar-refractivity contribution in [2.24, 2.45) is 4.99 Å². The van der Waals surface area contributed by atoms with E-state index >= 15 is 0 Å². The highest BCUT2D eigenvalue weighted by Gasteiger charge is 2.14. The fourth-order valence-electron chi connectivity index (χ4n) is 3.01. The van der Waals surface area contributed by atoms with Crippen molar-refractivity contribution in [3.05, 3.63) is 76.3 Å². The van der Waals surface area contributed by atoms with Gasteiger partial charge < -0.3 is 9.52 Å². The molecule has 0 fully saturated rings. The van der Waals surface area contributed by atoms with Crippen LogP contribution in [-0.4, -0.2) is 16.3 Å². The third-order valence-electron chi connectivity index (χ3n) is 4.71. The van der Waals surface area contributed by atoms with Crippen LogP contribution in [0.3, 0.4) is 0 Å².